The van der Waals surface area contributed by atoms with Crippen molar-refractivity contribution in [2.24, 2.45) is 0 Å². The maximum Gasteiger partial charge on any atom is 0.422 e. The van der Waals surface area contributed by atoms with Gasteiger partial charge in [-0.1, -0.05) is 12.1 Å². The van der Waals surface area contributed by atoms with Gasteiger partial charge < -0.3 is 9.72 Å². The van der Waals surface area contributed by atoms with Crippen LogP contribution in [0, 0.1) is 5.82 Å². The number of fused-ring (bicyclic) bond motifs is 1. The second kappa shape index (κ2) is 7.76. The Bertz CT molecular complexity index is 1150. The summed E-state index contributed by atoms with van der Waals surface area (Å²) in [4.78, 5) is 22.8. The largest absolute Gasteiger partial charge is 0.443 e. The number of rotatable bonds is 5. The second-order valence-corrected chi connectivity index (χ2v) is 8.70. The lowest BCUT2D eigenvalue weighted by molar-refractivity contribution is 0.0569. The van der Waals surface area contributed by atoms with E-state index in [4.69, 9.17) is 4.74 Å². The van der Waals surface area contributed by atoms with Gasteiger partial charge in [-0.05, 0) is 32.9 Å². The van der Waals surface area contributed by atoms with Crippen molar-refractivity contribution in [2.75, 3.05) is 0 Å². The Balaban J connectivity index is 1.71. The topological polar surface area (TPSA) is 126 Å². The molecule has 1 aromatic carbocycles. The van der Waals surface area contributed by atoms with Crippen LogP contribution in [0.15, 0.2) is 36.8 Å². The van der Waals surface area contributed by atoms with E-state index < -0.39 is 27.7 Å². The van der Waals surface area contributed by atoms with Crippen LogP contribution in [0.1, 0.15) is 26.3 Å². The fraction of sp³-hybridized carbons (Fsp3) is 0.278. The maximum absolute atomic E-state index is 14.5. The Morgan fingerprint density at radius 1 is 1.24 bits per heavy atom. The van der Waals surface area contributed by atoms with Gasteiger partial charge >= 0.3 is 16.3 Å². The molecule has 29 heavy (non-hydrogen) atoms. The normalized spacial score (nSPS) is 12.1. The summed E-state index contributed by atoms with van der Waals surface area (Å²) in [7, 11) is -4.22. The van der Waals surface area contributed by atoms with Crippen molar-refractivity contribution in [1.82, 2.24) is 24.4 Å². The second-order valence-electron chi connectivity index (χ2n) is 7.20. The van der Waals surface area contributed by atoms with Crippen LogP contribution in [0.2, 0.25) is 0 Å². The standard InChI is InChI=1S/C18H20FN5O4S/c1-18(2,3)28-17(25)24-29(26,27)23-9-12-5-4-11(8-14(12)19)15-13-6-7-20-16(13)22-10-21-15/h4-8,10,23H,9H2,1-3H3,(H,24,25)(H,20,21,22). The number of ether oxygens (including phenoxy) is 1. The summed E-state index contributed by atoms with van der Waals surface area (Å²) < 4.78 is 47.1. The van der Waals surface area contributed by atoms with E-state index in [1.807, 2.05) is 0 Å². The molecule has 0 saturated carbocycles. The van der Waals surface area contributed by atoms with E-state index in [2.05, 4.69) is 19.7 Å². The molecule has 0 aliphatic rings. The van der Waals surface area contributed by atoms with Gasteiger partial charge in [0, 0.05) is 29.3 Å². The molecule has 154 valence electrons. The smallest absolute Gasteiger partial charge is 0.422 e. The van der Waals surface area contributed by atoms with Crippen LogP contribution in [-0.2, 0) is 21.5 Å². The zero-order chi connectivity index (χ0) is 21.2. The van der Waals surface area contributed by atoms with Crippen molar-refractivity contribution < 1.29 is 22.3 Å². The van der Waals surface area contributed by atoms with Crippen molar-refractivity contribution >= 4 is 27.3 Å². The fourth-order valence-corrected chi connectivity index (χ4v) is 3.24. The molecular weight excluding hydrogens is 401 g/mol. The zero-order valence-corrected chi connectivity index (χ0v) is 16.8. The minimum absolute atomic E-state index is 0.0997. The van der Waals surface area contributed by atoms with E-state index in [-0.39, 0.29) is 12.1 Å². The van der Waals surface area contributed by atoms with Crippen LogP contribution in [-0.4, -0.2) is 35.1 Å². The predicted octanol–water partition coefficient (Wildman–Crippen LogP) is 2.62. The molecule has 2 heterocycles. The fourth-order valence-electron chi connectivity index (χ4n) is 2.56. The average Bonchev–Trinajstić information content (AvgIpc) is 3.07. The number of carbonyl (C=O) groups excluding carboxylic acids is 1. The summed E-state index contributed by atoms with van der Waals surface area (Å²) in [5.74, 6) is -0.621. The van der Waals surface area contributed by atoms with E-state index in [1.54, 1.807) is 43.8 Å². The van der Waals surface area contributed by atoms with E-state index in [0.29, 0.717) is 16.9 Å². The van der Waals surface area contributed by atoms with Crippen LogP contribution in [0.3, 0.4) is 0 Å². The minimum atomic E-state index is -4.22. The van der Waals surface area contributed by atoms with Crippen LogP contribution >= 0.6 is 0 Å². The zero-order valence-electron chi connectivity index (χ0n) is 16.0. The first kappa shape index (κ1) is 20.7. The molecule has 2 aromatic heterocycles. The Morgan fingerprint density at radius 2 is 2.00 bits per heavy atom. The van der Waals surface area contributed by atoms with E-state index >= 15 is 0 Å². The first-order valence-corrected chi connectivity index (χ1v) is 10.1. The number of nitrogens with one attached hydrogen (secondary N) is 3. The summed E-state index contributed by atoms with van der Waals surface area (Å²) >= 11 is 0. The third kappa shape index (κ3) is 5.27. The summed E-state index contributed by atoms with van der Waals surface area (Å²) in [6.07, 6.45) is 1.95. The Morgan fingerprint density at radius 3 is 2.69 bits per heavy atom. The summed E-state index contributed by atoms with van der Waals surface area (Å²) in [6.45, 7) is 4.45. The highest BCUT2D eigenvalue weighted by Gasteiger charge is 2.21. The van der Waals surface area contributed by atoms with Gasteiger partial charge in [0.2, 0.25) is 0 Å². The predicted molar refractivity (Wildman–Crippen MR) is 104 cm³/mol. The molecule has 0 unspecified atom stereocenters. The number of aromatic nitrogens is 3. The van der Waals surface area contributed by atoms with Crippen molar-refractivity contribution in [3.8, 4) is 11.3 Å². The number of hydrogen-bond donors (Lipinski definition) is 3. The molecule has 3 N–H and O–H groups in total. The van der Waals surface area contributed by atoms with Crippen LogP contribution < -0.4 is 9.44 Å². The quantitative estimate of drug-likeness (QED) is 0.581. The molecule has 0 aliphatic heterocycles. The first-order valence-electron chi connectivity index (χ1n) is 8.61. The van der Waals surface area contributed by atoms with Gasteiger partial charge in [0.15, 0.2) is 0 Å². The van der Waals surface area contributed by atoms with Crippen molar-refractivity contribution in [1.29, 1.82) is 0 Å². The molecule has 0 atom stereocenters. The number of benzene rings is 1. The van der Waals surface area contributed by atoms with Gasteiger partial charge in [-0.15, -0.1) is 0 Å². The lowest BCUT2D eigenvalue weighted by Gasteiger charge is -2.19. The maximum atomic E-state index is 14.5. The minimum Gasteiger partial charge on any atom is -0.443 e. The van der Waals surface area contributed by atoms with Gasteiger partial charge in [0.05, 0.1) is 5.69 Å². The molecule has 3 aromatic rings. The molecule has 9 nitrogen and oxygen atoms in total. The molecule has 0 radical (unpaired) electrons. The molecule has 11 heteroatoms. The van der Waals surface area contributed by atoms with Gasteiger partial charge in [-0.25, -0.2) is 23.9 Å². The van der Waals surface area contributed by atoms with E-state index in [0.717, 1.165) is 5.39 Å². The summed E-state index contributed by atoms with van der Waals surface area (Å²) in [5, 5.41) is 0.738. The molecular formula is C18H20FN5O4S. The number of aromatic amines is 1. The van der Waals surface area contributed by atoms with Gasteiger partial charge in [-0.2, -0.15) is 13.1 Å². The van der Waals surface area contributed by atoms with Gasteiger partial charge in [-0.3, -0.25) is 0 Å². The number of carbonyl (C=O) groups is 1. The highest BCUT2D eigenvalue weighted by molar-refractivity contribution is 7.88. The number of amides is 1. The van der Waals surface area contributed by atoms with Crippen LogP contribution in [0.5, 0.6) is 0 Å². The van der Waals surface area contributed by atoms with Crippen molar-refractivity contribution in [3.05, 3.63) is 48.2 Å². The highest BCUT2D eigenvalue weighted by atomic mass is 32.2. The number of H-pyrrole nitrogens is 1. The van der Waals surface area contributed by atoms with Gasteiger partial charge in [0.25, 0.3) is 0 Å². The lowest BCUT2D eigenvalue weighted by Crippen LogP contribution is -2.42. The number of nitrogens with zero attached hydrogens (tertiary/aromatic N) is 2. The average molecular weight is 421 g/mol. The van der Waals surface area contributed by atoms with Crippen LogP contribution in [0.4, 0.5) is 9.18 Å². The molecule has 0 saturated heterocycles. The molecule has 0 aliphatic carbocycles. The highest BCUT2D eigenvalue weighted by Crippen LogP contribution is 2.26. The Labute approximate surface area is 166 Å². The molecule has 3 rings (SSSR count). The van der Waals surface area contributed by atoms with Crippen molar-refractivity contribution in [2.45, 2.75) is 32.9 Å². The van der Waals surface area contributed by atoms with Crippen molar-refractivity contribution in [3.63, 3.8) is 0 Å². The SMILES string of the molecule is CC(C)(C)OC(=O)NS(=O)(=O)NCc1ccc(-c2ncnc3[nH]ccc23)cc1F. The monoisotopic (exact) mass is 421 g/mol. The van der Waals surface area contributed by atoms with E-state index in [1.165, 1.54) is 18.5 Å². The molecule has 0 fully saturated rings. The lowest BCUT2D eigenvalue weighted by atomic mass is 10.1. The molecule has 0 bridgehead atoms. The molecule has 0 spiro atoms. The molecule has 1 amide bonds. The Kier molecular flexibility index (Phi) is 5.53. The summed E-state index contributed by atoms with van der Waals surface area (Å²) in [6, 6.07) is 6.12. The Hall–Kier alpha value is -3.05. The van der Waals surface area contributed by atoms with Crippen LogP contribution in [0.25, 0.3) is 22.3 Å². The third-order valence-corrected chi connectivity index (χ3v) is 4.71. The summed E-state index contributed by atoms with van der Waals surface area (Å²) in [5.41, 5.74) is 0.943. The third-order valence-electron chi connectivity index (χ3n) is 3.75. The number of halogens is 1. The van der Waals surface area contributed by atoms with E-state index in [9.17, 15) is 17.6 Å². The first-order chi connectivity index (χ1) is 13.5. The van der Waals surface area contributed by atoms with Gasteiger partial charge in [0.1, 0.15) is 23.4 Å². The number of hydrogen-bond acceptors (Lipinski definition) is 6.